The van der Waals surface area contributed by atoms with Crippen molar-refractivity contribution in [1.29, 1.82) is 15.8 Å². The largest absolute Gasteiger partial charge is 0.365 e. The molecule has 0 saturated heterocycles. The lowest BCUT2D eigenvalue weighted by Gasteiger charge is -2.13. The molecule has 2 aromatic carbocycles. The maximum Gasteiger partial charge on any atom is 0.262 e. The first-order valence-corrected chi connectivity index (χ1v) is 16.3. The number of rotatable bonds is 13. The number of hydrogen-bond donors (Lipinski definition) is 4. The van der Waals surface area contributed by atoms with Crippen LogP contribution < -0.4 is 21.7 Å². The van der Waals surface area contributed by atoms with Crippen LogP contribution >= 0.6 is 0 Å². The molecule has 2 fully saturated rings. The van der Waals surface area contributed by atoms with Gasteiger partial charge in [-0.15, -0.1) is 0 Å². The van der Waals surface area contributed by atoms with Crippen LogP contribution in [0.2, 0.25) is 0 Å². The Balaban J connectivity index is 1.12. The van der Waals surface area contributed by atoms with Crippen LogP contribution in [0.15, 0.2) is 67.1 Å². The van der Waals surface area contributed by atoms with Crippen LogP contribution in [-0.4, -0.2) is 36.4 Å². The van der Waals surface area contributed by atoms with Gasteiger partial charge in [-0.2, -0.15) is 26.0 Å². The fourth-order valence-corrected chi connectivity index (χ4v) is 6.17. The number of carbonyl (C=O) groups is 2. The molecule has 14 heteroatoms. The van der Waals surface area contributed by atoms with E-state index < -0.39 is 11.8 Å². The number of nitriles is 3. The molecule has 2 saturated carbocycles. The van der Waals surface area contributed by atoms with Crippen LogP contribution in [0.3, 0.4) is 0 Å². The van der Waals surface area contributed by atoms with Gasteiger partial charge in [-0.3, -0.25) is 19.0 Å². The van der Waals surface area contributed by atoms with E-state index in [1.165, 1.54) is 0 Å². The Kier molecular flexibility index (Phi) is 8.55. The predicted molar refractivity (Wildman–Crippen MR) is 184 cm³/mol. The number of carbonyl (C=O) groups excluding carboxylic acids is 2. The van der Waals surface area contributed by atoms with E-state index in [0.29, 0.717) is 52.6 Å². The fraction of sp³-hybridized carbons (Fsp3) is 0.278. The van der Waals surface area contributed by atoms with Crippen molar-refractivity contribution in [2.75, 3.05) is 16.0 Å². The van der Waals surface area contributed by atoms with Crippen molar-refractivity contribution in [3.05, 3.63) is 83.8 Å². The summed E-state index contributed by atoms with van der Waals surface area (Å²) in [5.41, 5.74) is 7.87. The smallest absolute Gasteiger partial charge is 0.262 e. The number of primary amides is 1. The lowest BCUT2D eigenvalue weighted by atomic mass is 10.1. The Morgan fingerprint density at radius 2 is 1.44 bits per heavy atom. The van der Waals surface area contributed by atoms with E-state index in [0.717, 1.165) is 36.5 Å². The molecule has 5 N–H and O–H groups in total. The molecule has 2 unspecified atom stereocenters. The van der Waals surface area contributed by atoms with Gasteiger partial charge in [-0.1, -0.05) is 12.1 Å². The number of nitrogens with one attached hydrogen (secondary N) is 3. The monoisotopic (exact) mass is 664 g/mol. The summed E-state index contributed by atoms with van der Waals surface area (Å²) in [6.45, 7) is 0. The highest BCUT2D eigenvalue weighted by atomic mass is 16.2. The first kappa shape index (κ1) is 31.9. The average molecular weight is 665 g/mol. The van der Waals surface area contributed by atoms with Gasteiger partial charge in [-0.25, -0.2) is 4.98 Å². The van der Waals surface area contributed by atoms with Crippen molar-refractivity contribution in [2.24, 2.45) is 17.6 Å². The molecule has 3 heterocycles. The van der Waals surface area contributed by atoms with E-state index >= 15 is 0 Å². The molecule has 0 aliphatic heterocycles. The molecule has 5 aromatic rings. The summed E-state index contributed by atoms with van der Waals surface area (Å²) in [6, 6.07) is 20.4. The van der Waals surface area contributed by atoms with Crippen LogP contribution in [0.4, 0.5) is 28.8 Å². The number of fused-ring (bicyclic) bond motifs is 1. The van der Waals surface area contributed by atoms with Crippen LogP contribution in [0.1, 0.15) is 76.9 Å². The SMILES string of the molecule is N#CCC(C1CC1)n1cc(C(N)=O)c(Nc2ccc3cc(NC(=O)c4cn(C(CC#N)C5CC5)nc4Nc4cccc(C#N)c4)ncc3c2)n1. The number of pyridine rings is 1. The molecule has 248 valence electrons. The van der Waals surface area contributed by atoms with Crippen molar-refractivity contribution < 1.29 is 9.59 Å². The van der Waals surface area contributed by atoms with Gasteiger partial charge in [0.1, 0.15) is 16.9 Å². The maximum absolute atomic E-state index is 13.7. The third-order valence-corrected chi connectivity index (χ3v) is 9.07. The van der Waals surface area contributed by atoms with Crippen molar-refractivity contribution in [2.45, 2.75) is 50.6 Å². The molecule has 50 heavy (non-hydrogen) atoms. The standard InChI is InChI=1S/C36H32N12O2/c37-12-10-30(22-4-5-22)47-19-28(33(40)49)34(45-47)43-27-9-8-24-16-32(41-18-25(24)15-27)44-36(50)29-20-48(31(11-13-38)23-6-7-23)46-35(29)42-26-3-1-2-21(14-26)17-39/h1-3,8-9,14-16,18-20,22-23,30-31H,4-7,10-11H2,(H2,40,49)(H,42,46)(H,43,45)(H,41,44,50). The third-order valence-electron chi connectivity index (χ3n) is 9.07. The van der Waals surface area contributed by atoms with E-state index in [2.05, 4.69) is 49.3 Å². The zero-order valence-corrected chi connectivity index (χ0v) is 26.9. The molecule has 2 aliphatic rings. The summed E-state index contributed by atoms with van der Waals surface area (Å²) in [5.74, 6) is 0.536. The second-order valence-electron chi connectivity index (χ2n) is 12.7. The van der Waals surface area contributed by atoms with Gasteiger partial charge in [-0.05, 0) is 79.3 Å². The molecular weight excluding hydrogens is 632 g/mol. The van der Waals surface area contributed by atoms with E-state index in [1.807, 2.05) is 18.2 Å². The van der Waals surface area contributed by atoms with E-state index in [4.69, 9.17) is 5.73 Å². The lowest BCUT2D eigenvalue weighted by molar-refractivity contribution is 0.0998. The van der Waals surface area contributed by atoms with Gasteiger partial charge in [0.2, 0.25) is 0 Å². The van der Waals surface area contributed by atoms with Gasteiger partial charge in [0, 0.05) is 35.4 Å². The minimum Gasteiger partial charge on any atom is -0.365 e. The molecule has 3 aromatic heterocycles. The Bertz CT molecular complexity index is 2240. The summed E-state index contributed by atoms with van der Waals surface area (Å²) in [5, 5.41) is 48.2. The zero-order valence-electron chi connectivity index (χ0n) is 26.9. The van der Waals surface area contributed by atoms with Crippen LogP contribution in [0, 0.1) is 45.8 Å². The average Bonchev–Trinajstić information content (AvgIpc) is 4.05. The fourth-order valence-electron chi connectivity index (χ4n) is 6.17. The first-order valence-electron chi connectivity index (χ1n) is 16.3. The normalized spacial score (nSPS) is 14.9. The number of amides is 2. The molecule has 0 bridgehead atoms. The van der Waals surface area contributed by atoms with E-state index in [1.54, 1.807) is 58.3 Å². The third kappa shape index (κ3) is 6.80. The van der Waals surface area contributed by atoms with E-state index in [9.17, 15) is 25.4 Å². The number of benzene rings is 2. The molecule has 0 spiro atoms. The minimum atomic E-state index is -0.624. The second-order valence-corrected chi connectivity index (χ2v) is 12.7. The molecule has 2 aliphatic carbocycles. The van der Waals surface area contributed by atoms with Gasteiger partial charge < -0.3 is 21.7 Å². The summed E-state index contributed by atoms with van der Waals surface area (Å²) in [4.78, 5) is 30.4. The Morgan fingerprint density at radius 3 is 2.04 bits per heavy atom. The van der Waals surface area contributed by atoms with Gasteiger partial charge in [0.25, 0.3) is 11.8 Å². The van der Waals surface area contributed by atoms with Crippen molar-refractivity contribution in [3.63, 3.8) is 0 Å². The Labute approximate surface area is 287 Å². The minimum absolute atomic E-state index is 0.115. The topological polar surface area (TPSA) is 216 Å². The number of nitrogens with two attached hydrogens (primary N) is 1. The van der Waals surface area contributed by atoms with Crippen LogP contribution in [-0.2, 0) is 0 Å². The van der Waals surface area contributed by atoms with Crippen LogP contribution in [0.25, 0.3) is 10.8 Å². The zero-order chi connectivity index (χ0) is 34.8. The molecular formula is C36H32N12O2. The number of hydrogen-bond acceptors (Lipinski definition) is 10. The van der Waals surface area contributed by atoms with Crippen molar-refractivity contribution >= 4 is 51.4 Å². The number of aromatic nitrogens is 5. The second kappa shape index (κ2) is 13.4. The molecule has 2 amide bonds. The Hall–Kier alpha value is -6.72. The highest BCUT2D eigenvalue weighted by Crippen LogP contribution is 2.43. The molecule has 0 radical (unpaired) electrons. The number of nitrogens with zero attached hydrogens (tertiary/aromatic N) is 8. The molecule has 2 atom stereocenters. The predicted octanol–water partition coefficient (Wildman–Crippen LogP) is 6.07. The summed E-state index contributed by atoms with van der Waals surface area (Å²) >= 11 is 0. The summed E-state index contributed by atoms with van der Waals surface area (Å²) in [6.07, 6.45) is 9.48. The lowest BCUT2D eigenvalue weighted by Crippen LogP contribution is -2.14. The maximum atomic E-state index is 13.7. The van der Waals surface area contributed by atoms with Crippen LogP contribution in [0.5, 0.6) is 0 Å². The molecule has 7 rings (SSSR count). The van der Waals surface area contributed by atoms with Crippen molar-refractivity contribution in [3.8, 4) is 18.2 Å². The van der Waals surface area contributed by atoms with Gasteiger partial charge >= 0.3 is 0 Å². The highest BCUT2D eigenvalue weighted by Gasteiger charge is 2.35. The number of anilines is 5. The summed E-state index contributed by atoms with van der Waals surface area (Å²) in [7, 11) is 0. The van der Waals surface area contributed by atoms with Gasteiger partial charge in [0.05, 0.1) is 48.7 Å². The quantitative estimate of drug-likeness (QED) is 0.114. The van der Waals surface area contributed by atoms with E-state index in [-0.39, 0.29) is 29.6 Å². The summed E-state index contributed by atoms with van der Waals surface area (Å²) < 4.78 is 3.36. The molecule has 14 nitrogen and oxygen atoms in total. The Morgan fingerprint density at radius 1 is 0.820 bits per heavy atom. The van der Waals surface area contributed by atoms with Crippen molar-refractivity contribution in [1.82, 2.24) is 24.5 Å². The first-order chi connectivity index (χ1) is 24.3. The highest BCUT2D eigenvalue weighted by molar-refractivity contribution is 6.08. The van der Waals surface area contributed by atoms with Gasteiger partial charge in [0.15, 0.2) is 11.6 Å².